The van der Waals surface area contributed by atoms with Crippen LogP contribution in [-0.4, -0.2) is 5.48 Å². The fraction of sp³-hybridized carbons (Fsp3) is 1.00. The predicted octanol–water partition coefficient (Wildman–Crippen LogP) is 2.69. The highest BCUT2D eigenvalue weighted by Gasteiger charge is 1.95. The summed E-state index contributed by atoms with van der Waals surface area (Å²) >= 11 is 0. The maximum atomic E-state index is 1.50. The van der Waals surface area contributed by atoms with E-state index >= 15 is 0 Å². The van der Waals surface area contributed by atoms with E-state index in [4.69, 9.17) is 0 Å². The summed E-state index contributed by atoms with van der Waals surface area (Å²) in [5.41, 5.74) is 0. The first kappa shape index (κ1) is 9.96. The molecule has 1 aliphatic carbocycles. The van der Waals surface area contributed by atoms with Gasteiger partial charge < -0.3 is 5.48 Å². The van der Waals surface area contributed by atoms with Crippen molar-refractivity contribution in [1.82, 2.24) is 0 Å². The maximum Gasteiger partial charge on any atom is -0.0533 e. The van der Waals surface area contributed by atoms with Crippen LogP contribution in [0.1, 0.15) is 57.8 Å². The molecule has 0 spiro atoms. The van der Waals surface area contributed by atoms with Gasteiger partial charge in [0, 0.05) is 0 Å². The van der Waals surface area contributed by atoms with Gasteiger partial charge in [0.2, 0.25) is 0 Å². The lowest BCUT2D eigenvalue weighted by atomic mass is 10.1. The summed E-state index contributed by atoms with van der Waals surface area (Å²) in [4.78, 5) is 0. The zero-order chi connectivity index (χ0) is 6.36. The Balaban J connectivity index is 0.000000810. The van der Waals surface area contributed by atoms with Crippen LogP contribution in [0, 0.1) is 0 Å². The van der Waals surface area contributed by atoms with E-state index in [0.29, 0.717) is 0 Å². The van der Waals surface area contributed by atoms with Crippen LogP contribution in [0.4, 0.5) is 0 Å². The highest BCUT2D eigenvalue weighted by atomic mass is 16.0. The van der Waals surface area contributed by atoms with E-state index in [1.807, 2.05) is 0 Å². The zero-order valence-electron chi connectivity index (χ0n) is 6.86. The maximum absolute atomic E-state index is 1.50. The van der Waals surface area contributed by atoms with Gasteiger partial charge in [-0.15, -0.1) is 0 Å². The topological polar surface area (TPSA) is 31.5 Å². The lowest BCUT2D eigenvalue weighted by Gasteiger charge is -1.93. The third-order valence-corrected chi connectivity index (χ3v) is 2.25. The van der Waals surface area contributed by atoms with Crippen LogP contribution in [0.15, 0.2) is 0 Å². The zero-order valence-corrected chi connectivity index (χ0v) is 6.86. The second-order valence-electron chi connectivity index (χ2n) is 3.18. The van der Waals surface area contributed by atoms with E-state index in [-0.39, 0.29) is 5.48 Å². The molecule has 0 aromatic rings. The first-order valence-corrected chi connectivity index (χ1v) is 4.50. The summed E-state index contributed by atoms with van der Waals surface area (Å²) in [6.45, 7) is 0. The number of hydrogen-bond acceptors (Lipinski definition) is 0. The van der Waals surface area contributed by atoms with Gasteiger partial charge in [-0.2, -0.15) is 0 Å². The lowest BCUT2D eigenvalue weighted by molar-refractivity contribution is 0.624. The minimum atomic E-state index is 0. The Morgan fingerprint density at radius 2 is 0.400 bits per heavy atom. The van der Waals surface area contributed by atoms with Gasteiger partial charge in [0.15, 0.2) is 0 Å². The minimum absolute atomic E-state index is 0. The SMILES string of the molecule is C1CCCCCCCC1.O. The van der Waals surface area contributed by atoms with Gasteiger partial charge in [-0.25, -0.2) is 0 Å². The Labute approximate surface area is 64.1 Å². The smallest absolute Gasteiger partial charge is 0.0533 e. The van der Waals surface area contributed by atoms with Crippen molar-refractivity contribution in [1.29, 1.82) is 0 Å². The van der Waals surface area contributed by atoms with Gasteiger partial charge in [-0.3, -0.25) is 0 Å². The van der Waals surface area contributed by atoms with Crippen molar-refractivity contribution >= 4 is 0 Å². The molecule has 10 heavy (non-hydrogen) atoms. The standard InChI is InChI=1S/C9H18.H2O/c1-2-4-6-8-9-7-5-3-1;/h1-9H2;1H2. The Hall–Kier alpha value is -0.0400. The Bertz CT molecular complexity index is 33.2. The van der Waals surface area contributed by atoms with E-state index < -0.39 is 0 Å². The fourth-order valence-electron chi connectivity index (χ4n) is 1.59. The van der Waals surface area contributed by atoms with Gasteiger partial charge in [0.1, 0.15) is 0 Å². The summed E-state index contributed by atoms with van der Waals surface area (Å²) < 4.78 is 0. The van der Waals surface area contributed by atoms with Crippen molar-refractivity contribution in [2.75, 3.05) is 0 Å². The molecule has 0 bridgehead atoms. The molecule has 0 amide bonds. The lowest BCUT2D eigenvalue weighted by Crippen LogP contribution is -1.73. The second-order valence-corrected chi connectivity index (χ2v) is 3.18. The van der Waals surface area contributed by atoms with Crippen LogP contribution in [0.25, 0.3) is 0 Å². The van der Waals surface area contributed by atoms with Crippen LogP contribution in [0.2, 0.25) is 0 Å². The molecule has 0 unspecified atom stereocenters. The largest absolute Gasteiger partial charge is 0.412 e. The second kappa shape index (κ2) is 7.07. The van der Waals surface area contributed by atoms with E-state index in [0.717, 1.165) is 0 Å². The summed E-state index contributed by atoms with van der Waals surface area (Å²) in [7, 11) is 0. The van der Waals surface area contributed by atoms with Crippen LogP contribution < -0.4 is 0 Å². The van der Waals surface area contributed by atoms with Crippen molar-refractivity contribution in [3.63, 3.8) is 0 Å². The van der Waals surface area contributed by atoms with E-state index in [9.17, 15) is 0 Å². The summed E-state index contributed by atoms with van der Waals surface area (Å²) in [5, 5.41) is 0. The van der Waals surface area contributed by atoms with Gasteiger partial charge in [-0.05, 0) is 0 Å². The van der Waals surface area contributed by atoms with Crippen molar-refractivity contribution in [2.24, 2.45) is 0 Å². The molecule has 2 N–H and O–H groups in total. The van der Waals surface area contributed by atoms with E-state index in [2.05, 4.69) is 0 Å². The molecule has 0 aromatic heterocycles. The van der Waals surface area contributed by atoms with Crippen LogP contribution >= 0.6 is 0 Å². The summed E-state index contributed by atoms with van der Waals surface area (Å²) in [6.07, 6.45) is 13.5. The van der Waals surface area contributed by atoms with Gasteiger partial charge in [0.05, 0.1) is 0 Å². The van der Waals surface area contributed by atoms with Crippen molar-refractivity contribution in [2.45, 2.75) is 57.8 Å². The molecule has 0 heterocycles. The molecule has 1 aliphatic rings. The van der Waals surface area contributed by atoms with Crippen LogP contribution in [-0.2, 0) is 0 Å². The average Bonchev–Trinajstić information content (AvgIpc) is 2.00. The number of hydrogen-bond donors (Lipinski definition) is 0. The van der Waals surface area contributed by atoms with Gasteiger partial charge in [0.25, 0.3) is 0 Å². The third kappa shape index (κ3) is 4.80. The monoisotopic (exact) mass is 144 g/mol. The molecule has 0 aliphatic heterocycles. The molecule has 1 saturated carbocycles. The molecular formula is C9H20O. The van der Waals surface area contributed by atoms with Gasteiger partial charge in [-0.1, -0.05) is 57.8 Å². The number of rotatable bonds is 0. The molecule has 1 rings (SSSR count). The van der Waals surface area contributed by atoms with Crippen molar-refractivity contribution < 1.29 is 5.48 Å². The highest BCUT2D eigenvalue weighted by molar-refractivity contribution is 4.51. The fourth-order valence-corrected chi connectivity index (χ4v) is 1.59. The predicted molar refractivity (Wildman–Crippen MR) is 45.2 cm³/mol. The molecule has 1 heteroatoms. The van der Waals surface area contributed by atoms with Crippen molar-refractivity contribution in [3.05, 3.63) is 0 Å². The Morgan fingerprint density at radius 3 is 0.500 bits per heavy atom. The highest BCUT2D eigenvalue weighted by Crippen LogP contribution is 2.15. The first-order chi connectivity index (χ1) is 4.50. The van der Waals surface area contributed by atoms with Crippen molar-refractivity contribution in [3.8, 4) is 0 Å². The van der Waals surface area contributed by atoms with E-state index in [1.165, 1.54) is 57.8 Å². The molecule has 0 radical (unpaired) electrons. The summed E-state index contributed by atoms with van der Waals surface area (Å²) in [5.74, 6) is 0. The quantitative estimate of drug-likeness (QED) is 0.500. The molecular weight excluding hydrogens is 124 g/mol. The molecule has 1 fully saturated rings. The first-order valence-electron chi connectivity index (χ1n) is 4.50. The average molecular weight is 144 g/mol. The normalized spacial score (nSPS) is 21.6. The summed E-state index contributed by atoms with van der Waals surface area (Å²) in [6, 6.07) is 0. The Kier molecular flexibility index (Phi) is 7.04. The molecule has 0 saturated heterocycles. The molecule has 62 valence electrons. The van der Waals surface area contributed by atoms with Gasteiger partial charge >= 0.3 is 0 Å². The van der Waals surface area contributed by atoms with E-state index in [1.54, 1.807) is 0 Å². The Morgan fingerprint density at radius 1 is 0.300 bits per heavy atom. The molecule has 0 aromatic carbocycles. The van der Waals surface area contributed by atoms with Crippen LogP contribution in [0.3, 0.4) is 0 Å². The molecule has 1 nitrogen and oxygen atoms in total. The third-order valence-electron chi connectivity index (χ3n) is 2.25. The minimum Gasteiger partial charge on any atom is -0.412 e. The van der Waals surface area contributed by atoms with Crippen LogP contribution in [0.5, 0.6) is 0 Å². The molecule has 0 atom stereocenters.